The van der Waals surface area contributed by atoms with E-state index in [1.54, 1.807) is 0 Å². The van der Waals surface area contributed by atoms with E-state index in [0.717, 1.165) is 29.3 Å². The summed E-state index contributed by atoms with van der Waals surface area (Å²) in [5, 5.41) is 4.79. The maximum atomic E-state index is 11.8. The highest BCUT2D eigenvalue weighted by Gasteiger charge is 2.06. The fourth-order valence-corrected chi connectivity index (χ4v) is 2.57. The van der Waals surface area contributed by atoms with E-state index in [9.17, 15) is 4.79 Å². The highest BCUT2D eigenvalue weighted by molar-refractivity contribution is 7.12. The fourth-order valence-electron chi connectivity index (χ4n) is 1.93. The van der Waals surface area contributed by atoms with E-state index < -0.39 is 0 Å². The monoisotopic (exact) mass is 289 g/mol. The Kier molecular flexibility index (Phi) is 5.12. The number of hydrogen-bond acceptors (Lipinski definition) is 4. The number of pyridine rings is 1. The topological polar surface area (TPSA) is 45.2 Å². The van der Waals surface area contributed by atoms with Crippen molar-refractivity contribution < 1.29 is 4.79 Å². The molecule has 2 aromatic heterocycles. The van der Waals surface area contributed by atoms with Gasteiger partial charge in [0.05, 0.1) is 4.88 Å². The van der Waals surface area contributed by atoms with Crippen LogP contribution in [0.2, 0.25) is 0 Å². The summed E-state index contributed by atoms with van der Waals surface area (Å²) < 4.78 is 0. The van der Waals surface area contributed by atoms with Gasteiger partial charge in [0.25, 0.3) is 5.91 Å². The van der Waals surface area contributed by atoms with Gasteiger partial charge in [-0.3, -0.25) is 4.79 Å². The van der Waals surface area contributed by atoms with Gasteiger partial charge in [-0.05, 0) is 36.9 Å². The second-order valence-corrected chi connectivity index (χ2v) is 5.30. The Morgan fingerprint density at radius 3 is 2.65 bits per heavy atom. The first kappa shape index (κ1) is 14.5. The molecule has 0 aliphatic heterocycles. The van der Waals surface area contributed by atoms with Crippen molar-refractivity contribution in [2.45, 2.75) is 20.4 Å². The fraction of sp³-hybridized carbons (Fsp3) is 0.333. The third kappa shape index (κ3) is 3.57. The Balaban J connectivity index is 1.92. The van der Waals surface area contributed by atoms with E-state index in [0.29, 0.717) is 6.54 Å². The molecule has 0 aliphatic carbocycles. The molecule has 20 heavy (non-hydrogen) atoms. The largest absolute Gasteiger partial charge is 0.357 e. The summed E-state index contributed by atoms with van der Waals surface area (Å²) in [6.45, 7) is 6.61. The van der Waals surface area contributed by atoms with Crippen molar-refractivity contribution in [3.63, 3.8) is 0 Å². The number of nitrogens with zero attached hydrogens (tertiary/aromatic N) is 2. The van der Waals surface area contributed by atoms with Crippen LogP contribution in [0.5, 0.6) is 0 Å². The summed E-state index contributed by atoms with van der Waals surface area (Å²) in [4.78, 5) is 19.2. The molecule has 0 aliphatic rings. The zero-order valence-electron chi connectivity index (χ0n) is 11.8. The van der Waals surface area contributed by atoms with E-state index in [1.807, 2.05) is 35.8 Å². The van der Waals surface area contributed by atoms with Gasteiger partial charge in [-0.1, -0.05) is 12.1 Å². The molecule has 2 rings (SSSR count). The van der Waals surface area contributed by atoms with Crippen LogP contribution < -0.4 is 10.2 Å². The maximum Gasteiger partial charge on any atom is 0.261 e. The predicted octanol–water partition coefficient (Wildman–Crippen LogP) is 2.92. The predicted molar refractivity (Wildman–Crippen MR) is 83.3 cm³/mol. The van der Waals surface area contributed by atoms with Crippen LogP contribution in [-0.2, 0) is 6.54 Å². The minimum atomic E-state index is -0.0344. The SMILES string of the molecule is CCN(CC)c1ccc(CNC(=O)c2cccs2)cn1. The highest BCUT2D eigenvalue weighted by atomic mass is 32.1. The number of carbonyl (C=O) groups excluding carboxylic acids is 1. The van der Waals surface area contributed by atoms with Gasteiger partial charge >= 0.3 is 0 Å². The lowest BCUT2D eigenvalue weighted by molar-refractivity contribution is 0.0955. The van der Waals surface area contributed by atoms with Crippen molar-refractivity contribution >= 4 is 23.1 Å². The first-order valence-electron chi connectivity index (χ1n) is 6.76. The average Bonchev–Trinajstić information content (AvgIpc) is 3.01. The van der Waals surface area contributed by atoms with E-state index >= 15 is 0 Å². The van der Waals surface area contributed by atoms with Crippen LogP contribution in [0.4, 0.5) is 5.82 Å². The van der Waals surface area contributed by atoms with E-state index in [4.69, 9.17) is 0 Å². The number of hydrogen-bond donors (Lipinski definition) is 1. The number of anilines is 1. The second-order valence-electron chi connectivity index (χ2n) is 4.36. The highest BCUT2D eigenvalue weighted by Crippen LogP contribution is 2.11. The van der Waals surface area contributed by atoms with Crippen LogP contribution in [0.3, 0.4) is 0 Å². The van der Waals surface area contributed by atoms with Crippen molar-refractivity contribution in [3.05, 3.63) is 46.3 Å². The van der Waals surface area contributed by atoms with Gasteiger partial charge in [-0.15, -0.1) is 11.3 Å². The maximum absolute atomic E-state index is 11.8. The van der Waals surface area contributed by atoms with E-state index in [2.05, 4.69) is 29.0 Å². The molecule has 4 nitrogen and oxygen atoms in total. The molecule has 0 unspecified atom stereocenters. The molecule has 1 N–H and O–H groups in total. The Morgan fingerprint density at radius 1 is 1.30 bits per heavy atom. The number of carbonyl (C=O) groups is 1. The van der Waals surface area contributed by atoms with Gasteiger partial charge in [0, 0.05) is 25.8 Å². The van der Waals surface area contributed by atoms with Crippen LogP contribution in [0.1, 0.15) is 29.1 Å². The number of amides is 1. The first-order valence-corrected chi connectivity index (χ1v) is 7.64. The van der Waals surface area contributed by atoms with Gasteiger partial charge < -0.3 is 10.2 Å². The molecule has 2 aromatic rings. The molecule has 1 amide bonds. The molecule has 0 saturated carbocycles. The molecule has 106 valence electrons. The van der Waals surface area contributed by atoms with Crippen molar-refractivity contribution in [1.82, 2.24) is 10.3 Å². The third-order valence-electron chi connectivity index (χ3n) is 3.09. The van der Waals surface area contributed by atoms with Gasteiger partial charge in [-0.25, -0.2) is 4.98 Å². The van der Waals surface area contributed by atoms with Crippen LogP contribution >= 0.6 is 11.3 Å². The Morgan fingerprint density at radius 2 is 2.10 bits per heavy atom. The first-order chi connectivity index (χ1) is 9.74. The molecule has 0 saturated heterocycles. The van der Waals surface area contributed by atoms with Crippen molar-refractivity contribution in [2.75, 3.05) is 18.0 Å². The molecule has 0 radical (unpaired) electrons. The van der Waals surface area contributed by atoms with Crippen LogP contribution in [0, 0.1) is 0 Å². The molecule has 5 heteroatoms. The lowest BCUT2D eigenvalue weighted by Crippen LogP contribution is -2.24. The van der Waals surface area contributed by atoms with Gasteiger partial charge in [0.1, 0.15) is 5.82 Å². The van der Waals surface area contributed by atoms with Crippen LogP contribution in [0.25, 0.3) is 0 Å². The second kappa shape index (κ2) is 7.05. The van der Waals surface area contributed by atoms with Crippen LogP contribution in [-0.4, -0.2) is 24.0 Å². The third-order valence-corrected chi connectivity index (χ3v) is 3.96. The number of aromatic nitrogens is 1. The molecule has 2 heterocycles. The number of thiophene rings is 1. The standard InChI is InChI=1S/C15H19N3OS/c1-3-18(4-2)14-8-7-12(10-16-14)11-17-15(19)13-6-5-9-20-13/h5-10H,3-4,11H2,1-2H3,(H,17,19). The minimum absolute atomic E-state index is 0.0344. The molecular formula is C15H19N3OS. The Bertz CT molecular complexity index is 533. The van der Waals surface area contributed by atoms with Gasteiger partial charge in [0.15, 0.2) is 0 Å². The number of rotatable bonds is 6. The summed E-state index contributed by atoms with van der Waals surface area (Å²) in [6.07, 6.45) is 1.82. The smallest absolute Gasteiger partial charge is 0.261 e. The van der Waals surface area contributed by atoms with Crippen molar-refractivity contribution in [3.8, 4) is 0 Å². The average molecular weight is 289 g/mol. The zero-order chi connectivity index (χ0) is 14.4. The van der Waals surface area contributed by atoms with E-state index in [-0.39, 0.29) is 5.91 Å². The van der Waals surface area contributed by atoms with Crippen LogP contribution in [0.15, 0.2) is 35.8 Å². The quantitative estimate of drug-likeness (QED) is 0.889. The van der Waals surface area contributed by atoms with Gasteiger partial charge in [0.2, 0.25) is 0 Å². The molecule has 0 spiro atoms. The molecular weight excluding hydrogens is 270 g/mol. The molecule has 0 bridgehead atoms. The Labute approximate surface area is 123 Å². The Hall–Kier alpha value is -1.88. The lowest BCUT2D eigenvalue weighted by Gasteiger charge is -2.19. The summed E-state index contributed by atoms with van der Waals surface area (Å²) in [5.41, 5.74) is 1.01. The summed E-state index contributed by atoms with van der Waals surface area (Å²) in [5.74, 6) is 0.941. The normalized spacial score (nSPS) is 10.3. The summed E-state index contributed by atoms with van der Waals surface area (Å²) in [6, 6.07) is 7.71. The molecule has 0 atom stereocenters. The van der Waals surface area contributed by atoms with E-state index in [1.165, 1.54) is 11.3 Å². The van der Waals surface area contributed by atoms with Crippen molar-refractivity contribution in [2.24, 2.45) is 0 Å². The molecule has 0 aromatic carbocycles. The summed E-state index contributed by atoms with van der Waals surface area (Å²) >= 11 is 1.44. The zero-order valence-corrected chi connectivity index (χ0v) is 12.6. The lowest BCUT2D eigenvalue weighted by atomic mass is 10.2. The van der Waals surface area contributed by atoms with Gasteiger partial charge in [-0.2, -0.15) is 0 Å². The molecule has 0 fully saturated rings. The number of nitrogens with one attached hydrogen (secondary N) is 1. The minimum Gasteiger partial charge on any atom is -0.357 e. The summed E-state index contributed by atoms with van der Waals surface area (Å²) in [7, 11) is 0. The van der Waals surface area contributed by atoms with Crippen molar-refractivity contribution in [1.29, 1.82) is 0 Å².